The van der Waals surface area contributed by atoms with Crippen LogP contribution in [0.2, 0.25) is 0 Å². The summed E-state index contributed by atoms with van der Waals surface area (Å²) in [5.74, 6) is -1.68. The molecule has 222 valence electrons. The number of fused-ring (bicyclic) bond motifs is 1. The highest BCUT2D eigenvalue weighted by atomic mass is 16.5. The predicted octanol–water partition coefficient (Wildman–Crippen LogP) is 2.71. The van der Waals surface area contributed by atoms with Gasteiger partial charge in [-0.05, 0) is 61.2 Å². The van der Waals surface area contributed by atoms with Gasteiger partial charge >= 0.3 is 6.09 Å². The lowest BCUT2D eigenvalue weighted by atomic mass is 9.83. The molecule has 0 aromatic rings. The molecule has 40 heavy (non-hydrogen) atoms. The largest absolute Gasteiger partial charge is 0.449 e. The summed E-state index contributed by atoms with van der Waals surface area (Å²) in [6.45, 7) is 10.5. The number of likely N-dealkylation sites (tertiary alicyclic amines) is 1. The van der Waals surface area contributed by atoms with Crippen LogP contribution in [-0.4, -0.2) is 72.3 Å². The molecule has 3 saturated carbocycles. The van der Waals surface area contributed by atoms with Gasteiger partial charge in [0, 0.05) is 13.1 Å². The number of piperidine rings is 1. The second kappa shape index (κ2) is 12.7. The summed E-state index contributed by atoms with van der Waals surface area (Å²) in [7, 11) is 0. The van der Waals surface area contributed by atoms with E-state index in [4.69, 9.17) is 4.74 Å². The summed E-state index contributed by atoms with van der Waals surface area (Å²) in [6, 6.07) is -2.52. The zero-order valence-electron chi connectivity index (χ0n) is 24.2. The highest BCUT2D eigenvalue weighted by Gasteiger charge is 2.69. The molecular formula is C30H46N4O6. The minimum Gasteiger partial charge on any atom is -0.449 e. The van der Waals surface area contributed by atoms with E-state index in [1.54, 1.807) is 4.90 Å². The molecule has 10 heteroatoms. The first-order chi connectivity index (χ1) is 19.1. The Morgan fingerprint density at radius 3 is 2.38 bits per heavy atom. The minimum absolute atomic E-state index is 0.0219. The quantitative estimate of drug-likeness (QED) is 0.235. The van der Waals surface area contributed by atoms with E-state index >= 15 is 0 Å². The normalized spacial score (nSPS) is 26.6. The Hall–Kier alpha value is -2.91. The number of nitrogens with one attached hydrogen (secondary N) is 3. The molecule has 3 N–H and O–H groups in total. The van der Waals surface area contributed by atoms with Crippen molar-refractivity contribution in [2.24, 2.45) is 29.1 Å². The molecule has 4 rings (SSSR count). The molecule has 10 nitrogen and oxygen atoms in total. The van der Waals surface area contributed by atoms with Gasteiger partial charge in [-0.1, -0.05) is 52.5 Å². The maximum Gasteiger partial charge on any atom is 0.407 e. The zero-order chi connectivity index (χ0) is 29.0. The standard InChI is InChI=1S/C30H46N4O6/c1-5-10-21(25(35)27(37)31-15-6-2)32-26(36)24-22-20(30(22,3)4)16-34(24)28(38)23(19-11-8-7-9-12-19)33-29(39)40-17-18-13-14-18/h6,18-24H,2,5,7-17H2,1,3-4H3,(H,31,37)(H,32,36)(H,33,39). The highest BCUT2D eigenvalue weighted by molar-refractivity contribution is 6.38. The molecular weight excluding hydrogens is 512 g/mol. The summed E-state index contributed by atoms with van der Waals surface area (Å²) in [6.07, 6.45) is 8.64. The van der Waals surface area contributed by atoms with Gasteiger partial charge in [-0.15, -0.1) is 6.58 Å². The van der Waals surface area contributed by atoms with E-state index < -0.39 is 41.8 Å². The van der Waals surface area contributed by atoms with Crippen molar-refractivity contribution in [3.05, 3.63) is 12.7 Å². The second-order valence-corrected chi connectivity index (χ2v) is 12.7. The molecule has 0 spiro atoms. The summed E-state index contributed by atoms with van der Waals surface area (Å²) in [5.41, 5.74) is -0.124. The molecule has 1 aliphatic heterocycles. The third-order valence-corrected chi connectivity index (χ3v) is 9.41. The van der Waals surface area contributed by atoms with Crippen LogP contribution in [0.15, 0.2) is 12.7 Å². The van der Waals surface area contributed by atoms with Crippen molar-refractivity contribution in [1.82, 2.24) is 20.9 Å². The van der Waals surface area contributed by atoms with Gasteiger partial charge in [0.2, 0.25) is 17.6 Å². The van der Waals surface area contributed by atoms with Gasteiger partial charge < -0.3 is 25.6 Å². The van der Waals surface area contributed by atoms with Gasteiger partial charge in [0.15, 0.2) is 0 Å². The van der Waals surface area contributed by atoms with E-state index in [1.807, 2.05) is 6.92 Å². The molecule has 0 aromatic carbocycles. The summed E-state index contributed by atoms with van der Waals surface area (Å²) in [4.78, 5) is 67.5. The van der Waals surface area contributed by atoms with Crippen molar-refractivity contribution in [2.75, 3.05) is 19.7 Å². The summed E-state index contributed by atoms with van der Waals surface area (Å²) < 4.78 is 5.41. The third-order valence-electron chi connectivity index (χ3n) is 9.41. The minimum atomic E-state index is -0.982. The molecule has 0 bridgehead atoms. The molecule has 4 fully saturated rings. The first-order valence-electron chi connectivity index (χ1n) is 15.1. The highest BCUT2D eigenvalue weighted by Crippen LogP contribution is 2.65. The van der Waals surface area contributed by atoms with Crippen LogP contribution in [0.5, 0.6) is 0 Å². The molecule has 1 saturated heterocycles. The number of carbonyl (C=O) groups excluding carboxylic acids is 5. The topological polar surface area (TPSA) is 134 Å². The summed E-state index contributed by atoms with van der Waals surface area (Å²) in [5, 5.41) is 8.17. The Bertz CT molecular complexity index is 1000. The Labute approximate surface area is 237 Å². The molecule has 1 heterocycles. The van der Waals surface area contributed by atoms with E-state index in [9.17, 15) is 24.0 Å². The average Bonchev–Trinajstić information content (AvgIpc) is 3.81. The number of ether oxygens (including phenoxy) is 1. The van der Waals surface area contributed by atoms with E-state index in [-0.39, 0.29) is 35.6 Å². The fourth-order valence-corrected chi connectivity index (χ4v) is 6.71. The number of ketones is 1. The Morgan fingerprint density at radius 2 is 1.75 bits per heavy atom. The number of hydrogen-bond acceptors (Lipinski definition) is 6. The molecule has 4 aliphatic rings. The lowest BCUT2D eigenvalue weighted by Crippen LogP contribution is -2.59. The van der Waals surface area contributed by atoms with Crippen molar-refractivity contribution in [1.29, 1.82) is 0 Å². The maximum absolute atomic E-state index is 14.1. The predicted molar refractivity (Wildman–Crippen MR) is 149 cm³/mol. The Morgan fingerprint density at radius 1 is 1.05 bits per heavy atom. The maximum atomic E-state index is 14.1. The van der Waals surface area contributed by atoms with Gasteiger partial charge in [-0.25, -0.2) is 4.79 Å². The van der Waals surface area contributed by atoms with Crippen molar-refractivity contribution in [3.63, 3.8) is 0 Å². The SMILES string of the molecule is C=CCNC(=O)C(=O)C(CCC)NC(=O)C1C2C(CN1C(=O)C(NC(=O)OCC1CC1)C1CCCCC1)C2(C)C. The van der Waals surface area contributed by atoms with Crippen LogP contribution in [0.25, 0.3) is 0 Å². The van der Waals surface area contributed by atoms with Crippen LogP contribution in [-0.2, 0) is 23.9 Å². The van der Waals surface area contributed by atoms with Crippen molar-refractivity contribution in [2.45, 2.75) is 96.7 Å². The molecule has 4 amide bonds. The summed E-state index contributed by atoms with van der Waals surface area (Å²) >= 11 is 0. The lowest BCUT2D eigenvalue weighted by Gasteiger charge is -2.37. The number of alkyl carbamates (subject to hydrolysis) is 1. The van der Waals surface area contributed by atoms with Crippen molar-refractivity contribution in [3.8, 4) is 0 Å². The third kappa shape index (κ3) is 6.69. The van der Waals surface area contributed by atoms with E-state index in [2.05, 4.69) is 36.4 Å². The van der Waals surface area contributed by atoms with Crippen LogP contribution < -0.4 is 16.0 Å². The van der Waals surface area contributed by atoms with E-state index in [1.165, 1.54) is 6.08 Å². The number of Topliss-reactive ketones (excluding diaryl/α,β-unsaturated/α-hetero) is 1. The molecule has 0 radical (unpaired) electrons. The van der Waals surface area contributed by atoms with E-state index in [0.29, 0.717) is 31.9 Å². The Balaban J connectivity index is 1.51. The first kappa shape index (κ1) is 30.1. The zero-order valence-corrected chi connectivity index (χ0v) is 24.2. The first-order valence-corrected chi connectivity index (χ1v) is 15.1. The molecule has 5 unspecified atom stereocenters. The van der Waals surface area contributed by atoms with Gasteiger partial charge in [-0.3, -0.25) is 19.2 Å². The number of hydrogen-bond donors (Lipinski definition) is 3. The van der Waals surface area contributed by atoms with Crippen LogP contribution in [0.4, 0.5) is 4.79 Å². The van der Waals surface area contributed by atoms with Crippen LogP contribution in [0.3, 0.4) is 0 Å². The Kier molecular flexibility index (Phi) is 9.56. The van der Waals surface area contributed by atoms with Crippen LogP contribution >= 0.6 is 0 Å². The number of carbonyl (C=O) groups is 5. The number of amides is 4. The number of nitrogens with zero attached hydrogens (tertiary/aromatic N) is 1. The van der Waals surface area contributed by atoms with E-state index in [0.717, 1.165) is 44.9 Å². The van der Waals surface area contributed by atoms with Crippen molar-refractivity contribution < 1.29 is 28.7 Å². The van der Waals surface area contributed by atoms with Gasteiger partial charge in [0.1, 0.15) is 12.1 Å². The monoisotopic (exact) mass is 558 g/mol. The van der Waals surface area contributed by atoms with Crippen LogP contribution in [0, 0.1) is 29.1 Å². The number of rotatable bonds is 13. The van der Waals surface area contributed by atoms with Crippen molar-refractivity contribution >= 4 is 29.6 Å². The lowest BCUT2D eigenvalue weighted by molar-refractivity contribution is -0.145. The van der Waals surface area contributed by atoms with Gasteiger partial charge in [-0.2, -0.15) is 0 Å². The van der Waals surface area contributed by atoms with Gasteiger partial charge in [0.05, 0.1) is 12.6 Å². The molecule has 0 aromatic heterocycles. The van der Waals surface area contributed by atoms with Gasteiger partial charge in [0.25, 0.3) is 5.91 Å². The fraction of sp³-hybridized carbons (Fsp3) is 0.767. The molecule has 5 atom stereocenters. The average molecular weight is 559 g/mol. The van der Waals surface area contributed by atoms with Crippen LogP contribution in [0.1, 0.15) is 78.6 Å². The fourth-order valence-electron chi connectivity index (χ4n) is 6.71. The second-order valence-electron chi connectivity index (χ2n) is 12.7. The smallest absolute Gasteiger partial charge is 0.407 e. The molecule has 3 aliphatic carbocycles.